The van der Waals surface area contributed by atoms with Crippen LogP contribution in [-0.4, -0.2) is 43.2 Å². The molecule has 0 saturated carbocycles. The Kier molecular flexibility index (Phi) is 6.16. The van der Waals surface area contributed by atoms with Gasteiger partial charge in [-0.2, -0.15) is 0 Å². The lowest BCUT2D eigenvalue weighted by Crippen LogP contribution is -2.36. The molecule has 6 nitrogen and oxygen atoms in total. The van der Waals surface area contributed by atoms with Crippen molar-refractivity contribution in [3.8, 4) is 5.75 Å². The summed E-state index contributed by atoms with van der Waals surface area (Å²) < 4.78 is 1.99. The first kappa shape index (κ1) is 19.0. The van der Waals surface area contributed by atoms with E-state index < -0.39 is 0 Å². The number of aryl methyl sites for hydroxylation is 1. The van der Waals surface area contributed by atoms with Gasteiger partial charge in [0.15, 0.2) is 5.76 Å². The van der Waals surface area contributed by atoms with Crippen LogP contribution in [0.2, 0.25) is 0 Å². The monoisotopic (exact) mass is 369 g/mol. The van der Waals surface area contributed by atoms with Crippen molar-refractivity contribution in [2.75, 3.05) is 6.54 Å². The zero-order chi connectivity index (χ0) is 19.2. The van der Waals surface area contributed by atoms with E-state index in [1.807, 2.05) is 10.8 Å². The summed E-state index contributed by atoms with van der Waals surface area (Å²) in [7, 11) is 0. The number of hydrogen-bond acceptors (Lipinski definition) is 4. The van der Waals surface area contributed by atoms with Crippen molar-refractivity contribution < 1.29 is 15.0 Å². The van der Waals surface area contributed by atoms with Crippen molar-refractivity contribution >= 4 is 11.5 Å². The Balaban J connectivity index is 1.77. The molecule has 27 heavy (non-hydrogen) atoms. The number of imidazole rings is 1. The van der Waals surface area contributed by atoms with Gasteiger partial charge in [-0.05, 0) is 30.5 Å². The zero-order valence-electron chi connectivity index (χ0n) is 15.7. The highest BCUT2D eigenvalue weighted by Gasteiger charge is 2.39. The van der Waals surface area contributed by atoms with Gasteiger partial charge >= 0.3 is 0 Å². The van der Waals surface area contributed by atoms with Crippen molar-refractivity contribution in [2.24, 2.45) is 0 Å². The van der Waals surface area contributed by atoms with Crippen molar-refractivity contribution in [1.82, 2.24) is 14.5 Å². The van der Waals surface area contributed by atoms with E-state index >= 15 is 0 Å². The summed E-state index contributed by atoms with van der Waals surface area (Å²) in [6.07, 6.45) is 10.2. The molecule has 6 heteroatoms. The highest BCUT2D eigenvalue weighted by Crippen LogP contribution is 2.36. The SMILES string of the molecule is CCCCCC1C(c2ccc(O)cc2)=C(O)C(=O)N1CCCn1ccnc1. The summed E-state index contributed by atoms with van der Waals surface area (Å²) in [5.41, 5.74) is 1.47. The Morgan fingerprint density at radius 2 is 1.85 bits per heavy atom. The van der Waals surface area contributed by atoms with Gasteiger partial charge in [0, 0.05) is 31.1 Å². The van der Waals surface area contributed by atoms with Gasteiger partial charge in [-0.15, -0.1) is 0 Å². The fourth-order valence-electron chi connectivity index (χ4n) is 3.66. The first-order valence-corrected chi connectivity index (χ1v) is 9.61. The summed E-state index contributed by atoms with van der Waals surface area (Å²) in [5, 5.41) is 20.1. The van der Waals surface area contributed by atoms with Crippen LogP contribution in [0.5, 0.6) is 5.75 Å². The number of carbonyl (C=O) groups excluding carboxylic acids is 1. The largest absolute Gasteiger partial charge is 0.508 e. The summed E-state index contributed by atoms with van der Waals surface area (Å²) in [4.78, 5) is 18.6. The van der Waals surface area contributed by atoms with Crippen molar-refractivity contribution in [2.45, 2.75) is 51.6 Å². The van der Waals surface area contributed by atoms with Gasteiger partial charge in [-0.1, -0.05) is 38.3 Å². The number of benzene rings is 1. The molecular weight excluding hydrogens is 342 g/mol. The quantitative estimate of drug-likeness (QED) is 0.660. The molecule has 0 spiro atoms. The maximum absolute atomic E-state index is 12.7. The number of aromatic hydroxyl groups is 1. The second-order valence-corrected chi connectivity index (χ2v) is 6.97. The Morgan fingerprint density at radius 3 is 2.52 bits per heavy atom. The number of aromatic nitrogens is 2. The molecule has 0 bridgehead atoms. The minimum absolute atomic E-state index is 0.128. The smallest absolute Gasteiger partial charge is 0.289 e. The second-order valence-electron chi connectivity index (χ2n) is 6.97. The lowest BCUT2D eigenvalue weighted by atomic mass is 9.95. The average Bonchev–Trinajstić information content (AvgIpc) is 3.26. The molecule has 2 aromatic rings. The minimum Gasteiger partial charge on any atom is -0.508 e. The third-order valence-electron chi connectivity index (χ3n) is 5.06. The average molecular weight is 369 g/mol. The Hall–Kier alpha value is -2.76. The highest BCUT2D eigenvalue weighted by molar-refractivity contribution is 6.05. The number of aliphatic hydroxyl groups excluding tert-OH is 1. The van der Waals surface area contributed by atoms with Crippen LogP contribution in [0.3, 0.4) is 0 Å². The number of rotatable bonds is 9. The van der Waals surface area contributed by atoms with Gasteiger partial charge in [0.25, 0.3) is 5.91 Å². The molecule has 3 rings (SSSR count). The van der Waals surface area contributed by atoms with E-state index in [0.717, 1.165) is 44.2 Å². The van der Waals surface area contributed by atoms with Crippen LogP contribution < -0.4 is 0 Å². The van der Waals surface area contributed by atoms with Crippen molar-refractivity contribution in [1.29, 1.82) is 0 Å². The van der Waals surface area contributed by atoms with Crippen LogP contribution in [0.4, 0.5) is 0 Å². The number of unbranched alkanes of at least 4 members (excludes halogenated alkanes) is 2. The van der Waals surface area contributed by atoms with E-state index in [-0.39, 0.29) is 23.5 Å². The van der Waals surface area contributed by atoms with Crippen LogP contribution >= 0.6 is 0 Å². The number of phenolic OH excluding ortho intramolecular Hbond substituents is 1. The molecule has 0 fully saturated rings. The molecule has 1 aromatic heterocycles. The number of carbonyl (C=O) groups is 1. The van der Waals surface area contributed by atoms with Crippen molar-refractivity contribution in [3.63, 3.8) is 0 Å². The Morgan fingerprint density at radius 1 is 1.07 bits per heavy atom. The van der Waals surface area contributed by atoms with Gasteiger partial charge < -0.3 is 19.7 Å². The molecule has 1 aliphatic rings. The summed E-state index contributed by atoms with van der Waals surface area (Å²) in [6, 6.07) is 6.57. The molecule has 2 heterocycles. The molecule has 144 valence electrons. The number of nitrogens with zero attached hydrogens (tertiary/aromatic N) is 3. The van der Waals surface area contributed by atoms with Gasteiger partial charge in [0.1, 0.15) is 5.75 Å². The van der Waals surface area contributed by atoms with Crippen LogP contribution in [0, 0.1) is 0 Å². The summed E-state index contributed by atoms with van der Waals surface area (Å²) in [5.74, 6) is -0.294. The van der Waals surface area contributed by atoms with E-state index in [2.05, 4.69) is 11.9 Å². The molecular formula is C21H27N3O3. The van der Waals surface area contributed by atoms with Gasteiger partial charge in [0.2, 0.25) is 0 Å². The maximum atomic E-state index is 12.7. The predicted octanol–water partition coefficient (Wildman–Crippen LogP) is 3.74. The number of hydrogen-bond donors (Lipinski definition) is 2. The lowest BCUT2D eigenvalue weighted by Gasteiger charge is -2.27. The standard InChI is InChI=1S/C21H27N3O3/c1-2-3-4-6-18-19(16-7-9-17(25)10-8-16)20(26)21(27)24(18)13-5-12-23-14-11-22-15-23/h7-11,14-15,18,25-26H,2-6,12-13H2,1H3. The molecule has 1 unspecified atom stereocenters. The normalized spacial score (nSPS) is 17.1. The fraction of sp³-hybridized carbons (Fsp3) is 0.429. The van der Waals surface area contributed by atoms with E-state index in [0.29, 0.717) is 12.1 Å². The molecule has 1 amide bonds. The van der Waals surface area contributed by atoms with E-state index in [4.69, 9.17) is 0 Å². The van der Waals surface area contributed by atoms with Gasteiger partial charge in [-0.3, -0.25) is 4.79 Å². The maximum Gasteiger partial charge on any atom is 0.289 e. The Bertz CT molecular complexity index is 782. The van der Waals surface area contributed by atoms with E-state index in [1.165, 1.54) is 0 Å². The minimum atomic E-state index is -0.301. The molecule has 1 atom stereocenters. The molecule has 2 N–H and O–H groups in total. The molecule has 0 saturated heterocycles. The molecule has 0 radical (unpaired) electrons. The first-order valence-electron chi connectivity index (χ1n) is 9.61. The predicted molar refractivity (Wildman–Crippen MR) is 104 cm³/mol. The van der Waals surface area contributed by atoms with Crippen LogP contribution in [0.1, 0.15) is 44.6 Å². The van der Waals surface area contributed by atoms with Crippen LogP contribution in [0.15, 0.2) is 48.7 Å². The topological polar surface area (TPSA) is 78.6 Å². The van der Waals surface area contributed by atoms with Gasteiger partial charge in [0.05, 0.1) is 12.4 Å². The Labute approximate surface area is 159 Å². The zero-order valence-corrected chi connectivity index (χ0v) is 15.7. The van der Waals surface area contributed by atoms with Crippen LogP contribution in [0.25, 0.3) is 5.57 Å². The van der Waals surface area contributed by atoms with Crippen molar-refractivity contribution in [3.05, 3.63) is 54.3 Å². The lowest BCUT2D eigenvalue weighted by molar-refractivity contribution is -0.129. The summed E-state index contributed by atoms with van der Waals surface area (Å²) >= 11 is 0. The first-order chi connectivity index (χ1) is 13.1. The van der Waals surface area contributed by atoms with Crippen LogP contribution in [-0.2, 0) is 11.3 Å². The molecule has 0 aliphatic carbocycles. The number of phenols is 1. The van der Waals surface area contributed by atoms with Gasteiger partial charge in [-0.25, -0.2) is 4.98 Å². The van der Waals surface area contributed by atoms with E-state index in [1.54, 1.807) is 41.7 Å². The highest BCUT2D eigenvalue weighted by atomic mass is 16.3. The van der Waals surface area contributed by atoms with E-state index in [9.17, 15) is 15.0 Å². The number of aliphatic hydroxyl groups is 1. The number of amides is 1. The summed E-state index contributed by atoms with van der Waals surface area (Å²) in [6.45, 7) is 3.51. The molecule has 1 aromatic carbocycles. The fourth-order valence-corrected chi connectivity index (χ4v) is 3.66. The molecule has 1 aliphatic heterocycles. The second kappa shape index (κ2) is 8.75. The third-order valence-corrected chi connectivity index (χ3v) is 5.06. The third kappa shape index (κ3) is 4.32.